The summed E-state index contributed by atoms with van der Waals surface area (Å²) in [5.74, 6) is -0.931. The number of amides is 2. The van der Waals surface area contributed by atoms with Crippen molar-refractivity contribution in [3.63, 3.8) is 0 Å². The van der Waals surface area contributed by atoms with Crippen molar-refractivity contribution in [3.8, 4) is 0 Å². The molecule has 0 atom stereocenters. The highest BCUT2D eigenvalue weighted by atomic mass is 35.5. The number of nitrogens with zero attached hydrogens (tertiary/aromatic N) is 3. The molecule has 1 saturated heterocycles. The third-order valence-electron chi connectivity index (χ3n) is 5.99. The van der Waals surface area contributed by atoms with E-state index >= 15 is 0 Å². The van der Waals surface area contributed by atoms with Crippen LogP contribution in [0.1, 0.15) is 31.2 Å². The van der Waals surface area contributed by atoms with Gasteiger partial charge >= 0.3 is 12.0 Å². The van der Waals surface area contributed by atoms with Gasteiger partial charge in [0.05, 0.1) is 5.92 Å². The van der Waals surface area contributed by atoms with Crippen LogP contribution < -0.4 is 10.6 Å². The van der Waals surface area contributed by atoms with Gasteiger partial charge in [0.1, 0.15) is 5.84 Å². The Bertz CT molecular complexity index is 730. The van der Waals surface area contributed by atoms with Gasteiger partial charge in [-0.3, -0.25) is 10.2 Å². The van der Waals surface area contributed by atoms with Crippen molar-refractivity contribution in [2.45, 2.75) is 31.7 Å². The summed E-state index contributed by atoms with van der Waals surface area (Å²) < 4.78 is 0. The zero-order valence-electron chi connectivity index (χ0n) is 17.1. The van der Waals surface area contributed by atoms with E-state index in [1.54, 1.807) is 4.90 Å². The van der Waals surface area contributed by atoms with E-state index < -0.39 is 5.97 Å². The highest BCUT2D eigenvalue weighted by Gasteiger charge is 2.32. The number of halogens is 2. The lowest BCUT2D eigenvalue weighted by atomic mass is 9.85. The molecule has 0 bridgehead atoms. The highest BCUT2D eigenvalue weighted by Crippen LogP contribution is 2.28. The maximum atomic E-state index is 12.9. The molecule has 1 aromatic carbocycles. The molecule has 1 aromatic rings. The summed E-state index contributed by atoms with van der Waals surface area (Å²) in [6, 6.07) is 7.76. The minimum absolute atomic E-state index is 0. The largest absolute Gasteiger partial charge is 0.481 e. The Hall–Kier alpha value is -2.19. The first kappa shape index (κ1) is 25.8. The SMILES string of the molecule is CN(C(=O)N1CCN(c2ccc(C(=N)N)cc2)CC1)[C@H]1CC[C@H](C(=O)O)CC1.Cl.Cl. The number of benzene rings is 1. The average molecular weight is 460 g/mol. The molecule has 30 heavy (non-hydrogen) atoms. The van der Waals surface area contributed by atoms with E-state index in [2.05, 4.69) is 4.90 Å². The summed E-state index contributed by atoms with van der Waals surface area (Å²) in [6.07, 6.45) is 2.78. The molecule has 4 N–H and O–H groups in total. The Morgan fingerprint density at radius 3 is 2.03 bits per heavy atom. The zero-order chi connectivity index (χ0) is 20.3. The summed E-state index contributed by atoms with van der Waals surface area (Å²) in [5.41, 5.74) is 7.27. The Labute approximate surface area is 189 Å². The van der Waals surface area contributed by atoms with Gasteiger partial charge in [-0.05, 0) is 49.9 Å². The fourth-order valence-corrected chi connectivity index (χ4v) is 4.10. The summed E-state index contributed by atoms with van der Waals surface area (Å²) in [4.78, 5) is 29.9. The molecule has 1 saturated carbocycles. The maximum Gasteiger partial charge on any atom is 0.320 e. The van der Waals surface area contributed by atoms with Crippen molar-refractivity contribution in [1.82, 2.24) is 9.80 Å². The van der Waals surface area contributed by atoms with E-state index in [9.17, 15) is 9.59 Å². The van der Waals surface area contributed by atoms with Crippen molar-refractivity contribution >= 4 is 48.3 Å². The van der Waals surface area contributed by atoms with Crippen molar-refractivity contribution in [3.05, 3.63) is 29.8 Å². The Balaban J connectivity index is 0.00000225. The lowest BCUT2D eigenvalue weighted by Crippen LogP contribution is -2.54. The predicted octanol–water partition coefficient (Wildman–Crippen LogP) is 2.63. The van der Waals surface area contributed by atoms with Crippen molar-refractivity contribution in [2.75, 3.05) is 38.1 Å². The lowest BCUT2D eigenvalue weighted by molar-refractivity contribution is -0.143. The number of aliphatic carboxylic acids is 1. The average Bonchev–Trinajstić information content (AvgIpc) is 2.73. The fraction of sp³-hybridized carbons (Fsp3) is 0.550. The van der Waals surface area contributed by atoms with E-state index in [1.165, 1.54) is 0 Å². The molecule has 1 aliphatic carbocycles. The molecule has 0 spiro atoms. The zero-order valence-corrected chi connectivity index (χ0v) is 18.8. The first-order valence-corrected chi connectivity index (χ1v) is 9.80. The van der Waals surface area contributed by atoms with Crippen LogP contribution in [0.4, 0.5) is 10.5 Å². The van der Waals surface area contributed by atoms with Gasteiger partial charge in [0.15, 0.2) is 0 Å². The number of carbonyl (C=O) groups excluding carboxylic acids is 1. The van der Waals surface area contributed by atoms with Crippen LogP contribution in [0.2, 0.25) is 0 Å². The second-order valence-electron chi connectivity index (χ2n) is 7.67. The van der Waals surface area contributed by atoms with Crippen molar-refractivity contribution in [2.24, 2.45) is 11.7 Å². The number of nitrogen functional groups attached to an aromatic ring is 1. The smallest absolute Gasteiger partial charge is 0.320 e. The van der Waals surface area contributed by atoms with Gasteiger partial charge in [0, 0.05) is 50.5 Å². The van der Waals surface area contributed by atoms with Crippen molar-refractivity contribution < 1.29 is 14.7 Å². The monoisotopic (exact) mass is 459 g/mol. The highest BCUT2D eigenvalue weighted by molar-refractivity contribution is 5.95. The summed E-state index contributed by atoms with van der Waals surface area (Å²) in [7, 11) is 1.83. The van der Waals surface area contributed by atoms with E-state index in [1.807, 2.05) is 36.2 Å². The number of amidine groups is 1. The molecule has 0 radical (unpaired) electrons. The van der Waals surface area contributed by atoms with Gasteiger partial charge in [-0.1, -0.05) is 0 Å². The molecule has 8 nitrogen and oxygen atoms in total. The molecule has 3 rings (SSSR count). The third-order valence-corrected chi connectivity index (χ3v) is 5.99. The number of piperazine rings is 1. The Kier molecular flexibility index (Phi) is 9.71. The summed E-state index contributed by atoms with van der Waals surface area (Å²) >= 11 is 0. The number of nitrogens with two attached hydrogens (primary N) is 1. The molecule has 0 unspecified atom stereocenters. The topological polar surface area (TPSA) is 114 Å². The molecule has 1 heterocycles. The second kappa shape index (κ2) is 11.3. The molecular weight excluding hydrogens is 429 g/mol. The standard InChI is InChI=1S/C20H29N5O3.2ClH/c1-23(16-6-4-15(5-7-16)19(26)27)20(28)25-12-10-24(11-13-25)17-8-2-14(3-9-17)18(21)22;;/h2-3,8-9,15-16H,4-7,10-13H2,1H3,(H3,21,22)(H,26,27);2*1H/t15-,16-;;. The van der Waals surface area contributed by atoms with Crippen LogP contribution in [0.25, 0.3) is 0 Å². The van der Waals surface area contributed by atoms with Gasteiger partial charge in [-0.2, -0.15) is 0 Å². The number of carbonyl (C=O) groups is 2. The number of hydrogen-bond acceptors (Lipinski definition) is 4. The first-order chi connectivity index (χ1) is 13.4. The molecule has 1 aliphatic heterocycles. The quantitative estimate of drug-likeness (QED) is 0.472. The predicted molar refractivity (Wildman–Crippen MR) is 122 cm³/mol. The Morgan fingerprint density at radius 2 is 1.57 bits per heavy atom. The molecule has 10 heteroatoms. The molecule has 0 aromatic heterocycles. The molecule has 2 fully saturated rings. The van der Waals surface area contributed by atoms with Crippen LogP contribution in [-0.4, -0.2) is 72.0 Å². The minimum Gasteiger partial charge on any atom is -0.481 e. The van der Waals surface area contributed by atoms with Crippen LogP contribution in [-0.2, 0) is 4.79 Å². The van der Waals surface area contributed by atoms with E-state index in [0.717, 1.165) is 31.6 Å². The molecule has 2 amide bonds. The lowest BCUT2D eigenvalue weighted by Gasteiger charge is -2.40. The van der Waals surface area contributed by atoms with Gasteiger partial charge in [-0.25, -0.2) is 4.79 Å². The van der Waals surface area contributed by atoms with Crippen LogP contribution in [0.15, 0.2) is 24.3 Å². The minimum atomic E-state index is -0.722. The second-order valence-corrected chi connectivity index (χ2v) is 7.67. The van der Waals surface area contributed by atoms with Gasteiger partial charge in [0.2, 0.25) is 0 Å². The third kappa shape index (κ3) is 5.92. The Morgan fingerprint density at radius 1 is 1.03 bits per heavy atom. The van der Waals surface area contributed by atoms with Gasteiger partial charge in [-0.15, -0.1) is 24.8 Å². The van der Waals surface area contributed by atoms with E-state index in [4.69, 9.17) is 16.2 Å². The van der Waals surface area contributed by atoms with E-state index in [-0.39, 0.29) is 48.6 Å². The number of carboxylic acids is 1. The molecule has 168 valence electrons. The summed E-state index contributed by atoms with van der Waals surface area (Å²) in [5, 5.41) is 16.6. The number of carboxylic acid groups (broad SMARTS) is 1. The first-order valence-electron chi connectivity index (χ1n) is 9.80. The fourth-order valence-electron chi connectivity index (χ4n) is 4.10. The van der Waals surface area contributed by atoms with Crippen molar-refractivity contribution in [1.29, 1.82) is 5.41 Å². The normalized spacial score (nSPS) is 21.1. The van der Waals surface area contributed by atoms with Crippen LogP contribution in [0.3, 0.4) is 0 Å². The molecular formula is C20H31Cl2N5O3. The number of anilines is 1. The molecule has 2 aliphatic rings. The maximum absolute atomic E-state index is 12.9. The number of nitrogens with one attached hydrogen (secondary N) is 1. The van der Waals surface area contributed by atoms with Crippen LogP contribution in [0, 0.1) is 11.3 Å². The van der Waals surface area contributed by atoms with Gasteiger partial charge < -0.3 is 25.5 Å². The van der Waals surface area contributed by atoms with Crippen LogP contribution >= 0.6 is 24.8 Å². The van der Waals surface area contributed by atoms with Crippen LogP contribution in [0.5, 0.6) is 0 Å². The van der Waals surface area contributed by atoms with E-state index in [0.29, 0.717) is 31.5 Å². The number of hydrogen-bond donors (Lipinski definition) is 3. The summed E-state index contributed by atoms with van der Waals surface area (Å²) in [6.45, 7) is 2.82. The van der Waals surface area contributed by atoms with Gasteiger partial charge in [0.25, 0.3) is 0 Å². The number of rotatable bonds is 4. The number of urea groups is 1.